The summed E-state index contributed by atoms with van der Waals surface area (Å²) in [6, 6.07) is 29.1. The van der Waals surface area contributed by atoms with Crippen LogP contribution < -0.4 is 39.2 Å². The van der Waals surface area contributed by atoms with Gasteiger partial charge in [0.25, 0.3) is 5.91 Å². The van der Waals surface area contributed by atoms with E-state index in [9.17, 15) is 65.6 Å². The zero-order valence-electron chi connectivity index (χ0n) is 47.2. The molecule has 3 aliphatic rings. The van der Waals surface area contributed by atoms with Crippen molar-refractivity contribution in [3.8, 4) is 23.0 Å². The average molecular weight is 1310 g/mol. The molecule has 3 saturated heterocycles. The maximum atomic E-state index is 12.0. The summed E-state index contributed by atoms with van der Waals surface area (Å²) in [4.78, 5) is 62.3. The summed E-state index contributed by atoms with van der Waals surface area (Å²) in [5, 5.41) is 42.9. The van der Waals surface area contributed by atoms with E-state index in [4.69, 9.17) is 30.6 Å². The first-order valence-electron chi connectivity index (χ1n) is 26.9. The highest BCUT2D eigenvalue weighted by molar-refractivity contribution is 8.04. The third-order valence-electron chi connectivity index (χ3n) is 12.9. The second-order valence-corrected chi connectivity index (χ2v) is 22.6. The van der Waals surface area contributed by atoms with Crippen LogP contribution in [0.15, 0.2) is 131 Å². The van der Waals surface area contributed by atoms with E-state index < -0.39 is 57.7 Å². The molecule has 9 N–H and O–H groups in total. The molecular weight excluding hydrogens is 1250 g/mol. The smallest absolute Gasteiger partial charge is 0.337 e. The van der Waals surface area contributed by atoms with E-state index in [1.54, 1.807) is 67.7 Å². The van der Waals surface area contributed by atoms with Gasteiger partial charge < -0.3 is 82.6 Å². The standard InChI is InChI=1S/C17H18N2O5S.C17H20N2O5S.C12H11ClN2O5S.C11H16N2O3S/c20-17(21)12-10-14(18-25(22)23)16(24-13-6-2-1-3-7-13)15(11-12)19-8-4-5-9-19;1-2-3-9-18-14-10-12(17(20)21)11-15(19-25(22)23)16(14)24-13-7-5-4-6-8-13;13-9-5-10(14-6-7-2-1-3-20-7)8(12(16)17)4-11(9)15-21(18)19;1-12-8(7-9(14)15)17-11(10(12)16)13-5-3-2-4-6-13/h1-3,6-7,10-11,18H,4-5,8-9H2,(H,20,21)(H,22,23);4-8,10-11,18-19H,2-3,9H2,1H3,(H,20,21)(H,22,23);1-5,14-15H,6H2,(H,16,17)(H,18,19);7,11H,2-6H2,1H3,(H,14,15)/p-3/b;;;8-7+. The van der Waals surface area contributed by atoms with Crippen LogP contribution in [0.3, 0.4) is 0 Å². The molecule has 1 aromatic heterocycles. The van der Waals surface area contributed by atoms with Crippen LogP contribution >= 0.6 is 23.4 Å². The zero-order valence-corrected chi connectivity index (χ0v) is 51.2. The number of nitrogens with one attached hydrogen (secondary N) is 5. The summed E-state index contributed by atoms with van der Waals surface area (Å²) >= 11 is -0.563. The Morgan fingerprint density at radius 1 is 0.670 bits per heavy atom. The number of likely N-dealkylation sites (tertiary alicyclic amines) is 1. The largest absolute Gasteiger partial charge is 0.755 e. The van der Waals surface area contributed by atoms with Gasteiger partial charge in [0.05, 0.1) is 79.8 Å². The molecule has 4 heterocycles. The fraction of sp³-hybridized carbons (Fsp3) is 0.281. The first-order valence-corrected chi connectivity index (χ1v) is 31.4. The van der Waals surface area contributed by atoms with Crippen molar-refractivity contribution >= 4 is 121 Å². The summed E-state index contributed by atoms with van der Waals surface area (Å²) in [6.45, 7) is 6.27. The van der Waals surface area contributed by atoms with Gasteiger partial charge in [-0.15, -0.1) is 0 Å². The predicted octanol–water partition coefficient (Wildman–Crippen LogP) is 9.96. The van der Waals surface area contributed by atoms with E-state index in [1.807, 2.05) is 28.7 Å². The molecule has 6 aromatic rings. The minimum absolute atomic E-state index is 0.00439. The average Bonchev–Trinajstić information content (AvgIpc) is 4.35. The SMILES string of the molecule is CCCCNc1cc(C(=O)O)cc(NS(=O)[O-])c1Oc1ccccc1.CN1C(=O)C(N2CCCCC2)S/C1=C/C(=O)O.O=C(O)c1cc(NS(=O)[O-])c(Cl)cc1NCc1ccco1.O=C(O)c1cc(NS(=O)[O-])c(Oc2ccccc2)c(N2CCCC2)c1. The van der Waals surface area contributed by atoms with Crippen molar-refractivity contribution in [2.24, 2.45) is 0 Å². The Hall–Kier alpha value is -8.20. The maximum Gasteiger partial charge on any atom is 0.337 e. The normalized spacial score (nSPS) is 16.0. The molecule has 4 unspecified atom stereocenters. The predicted molar refractivity (Wildman–Crippen MR) is 332 cm³/mol. The van der Waals surface area contributed by atoms with Crippen LogP contribution in [-0.4, -0.2) is 131 Å². The Morgan fingerprint density at radius 3 is 1.73 bits per heavy atom. The number of carboxylic acids is 4. The number of nitrogens with zero attached hydrogens (tertiary/aromatic N) is 3. The number of unbranched alkanes of at least 4 members (excludes halogenated alkanes) is 1. The number of carboxylic acid groups (broad SMARTS) is 4. The molecule has 0 bridgehead atoms. The molecule has 0 saturated carbocycles. The zero-order chi connectivity index (χ0) is 63.9. The van der Waals surface area contributed by atoms with Gasteiger partial charge in [-0.3, -0.25) is 22.3 Å². The van der Waals surface area contributed by atoms with Crippen LogP contribution in [0.1, 0.15) is 88.7 Å². The van der Waals surface area contributed by atoms with Crippen LogP contribution in [-0.2, 0) is 49.9 Å². The lowest BCUT2D eigenvalue weighted by Crippen LogP contribution is -2.42. The van der Waals surface area contributed by atoms with Gasteiger partial charge in [0, 0.05) is 60.5 Å². The number of para-hydroxylation sites is 2. The molecule has 88 heavy (non-hydrogen) atoms. The molecule has 3 aliphatic heterocycles. The molecule has 1 amide bonds. The Kier molecular flexibility index (Phi) is 26.9. The van der Waals surface area contributed by atoms with Crippen molar-refractivity contribution in [1.29, 1.82) is 0 Å². The molecule has 3 fully saturated rings. The van der Waals surface area contributed by atoms with Crippen molar-refractivity contribution in [3.05, 3.63) is 154 Å². The lowest BCUT2D eigenvalue weighted by atomic mass is 10.1. The van der Waals surface area contributed by atoms with E-state index in [1.165, 1.54) is 59.7 Å². The van der Waals surface area contributed by atoms with Gasteiger partial charge in [0.15, 0.2) is 11.5 Å². The molecule has 472 valence electrons. The van der Waals surface area contributed by atoms with E-state index in [0.29, 0.717) is 46.0 Å². The summed E-state index contributed by atoms with van der Waals surface area (Å²) in [7, 11) is 1.63. The van der Waals surface area contributed by atoms with E-state index in [2.05, 4.69) is 25.0 Å². The molecule has 0 aliphatic carbocycles. The molecule has 0 spiro atoms. The van der Waals surface area contributed by atoms with Crippen LogP contribution in [0.25, 0.3) is 0 Å². The Morgan fingerprint density at radius 2 is 1.20 bits per heavy atom. The molecule has 0 radical (unpaired) electrons. The Labute approximate surface area is 522 Å². The topological polar surface area (TPSA) is 388 Å². The quantitative estimate of drug-likeness (QED) is 0.0163. The third-order valence-corrected chi connectivity index (χ3v) is 15.7. The lowest BCUT2D eigenvalue weighted by molar-refractivity contribution is -0.131. The van der Waals surface area contributed by atoms with Crippen LogP contribution in [0.5, 0.6) is 23.0 Å². The number of carbonyl (C=O) groups excluding carboxylic acids is 1. The monoisotopic (exact) mass is 1310 g/mol. The molecular formula is C57H62ClN8O18S4-3. The van der Waals surface area contributed by atoms with Crippen molar-refractivity contribution < 1.29 is 84.6 Å². The summed E-state index contributed by atoms with van der Waals surface area (Å²) < 4.78 is 89.1. The van der Waals surface area contributed by atoms with Gasteiger partial charge in [0.2, 0.25) is 0 Å². The number of furan rings is 1. The highest BCUT2D eigenvalue weighted by atomic mass is 35.5. The highest BCUT2D eigenvalue weighted by Gasteiger charge is 2.39. The number of carbonyl (C=O) groups is 5. The van der Waals surface area contributed by atoms with Crippen LogP contribution in [0.4, 0.5) is 34.1 Å². The summed E-state index contributed by atoms with van der Waals surface area (Å²) in [6.07, 6.45) is 9.85. The van der Waals surface area contributed by atoms with Crippen molar-refractivity contribution in [3.63, 3.8) is 0 Å². The lowest BCUT2D eigenvalue weighted by Gasteiger charge is -2.29. The number of hydrogen-bond acceptors (Lipinski definition) is 19. The second kappa shape index (κ2) is 34.4. The number of halogens is 1. The van der Waals surface area contributed by atoms with Gasteiger partial charge >= 0.3 is 23.9 Å². The number of ether oxygens (including phenoxy) is 2. The number of piperidine rings is 1. The fourth-order valence-electron chi connectivity index (χ4n) is 8.77. The number of likely N-dealkylation sites (N-methyl/N-ethyl adjacent to an activating group) is 1. The minimum atomic E-state index is -2.62. The van der Waals surface area contributed by atoms with Gasteiger partial charge in [-0.1, -0.05) is 79.5 Å². The van der Waals surface area contributed by atoms with Crippen molar-refractivity contribution in [2.45, 2.75) is 63.8 Å². The first kappa shape index (κ1) is 68.9. The van der Waals surface area contributed by atoms with E-state index in [-0.39, 0.29) is 68.0 Å². The molecule has 26 nitrogen and oxygen atoms in total. The van der Waals surface area contributed by atoms with Gasteiger partial charge in [-0.2, -0.15) is 0 Å². The molecule has 31 heteroatoms. The van der Waals surface area contributed by atoms with Crippen molar-refractivity contribution in [1.82, 2.24) is 9.80 Å². The number of anilines is 6. The first-order chi connectivity index (χ1) is 42.1. The van der Waals surface area contributed by atoms with E-state index >= 15 is 0 Å². The van der Waals surface area contributed by atoms with Gasteiger partial charge in [0.1, 0.15) is 22.6 Å². The molecule has 9 rings (SSSR count). The van der Waals surface area contributed by atoms with Gasteiger partial charge in [-0.25, -0.2) is 19.2 Å². The number of thioether (sulfide) groups is 1. The van der Waals surface area contributed by atoms with Crippen molar-refractivity contribution in [2.75, 3.05) is 69.5 Å². The molecule has 4 atom stereocenters. The summed E-state index contributed by atoms with van der Waals surface area (Å²) in [5.74, 6) is -2.36. The third kappa shape index (κ3) is 21.0. The van der Waals surface area contributed by atoms with Gasteiger partial charge in [-0.05, 0) is 118 Å². The number of amides is 1. The Bertz CT molecular complexity index is 3470. The van der Waals surface area contributed by atoms with E-state index in [0.717, 1.165) is 76.8 Å². The number of aromatic carboxylic acids is 3. The summed E-state index contributed by atoms with van der Waals surface area (Å²) in [5.41, 5.74) is 1.20. The Balaban J connectivity index is 0.000000189. The number of aliphatic carboxylic acids is 1. The van der Waals surface area contributed by atoms with Crippen LogP contribution in [0, 0.1) is 0 Å². The number of rotatable bonds is 23. The maximum absolute atomic E-state index is 12.0. The number of benzene rings is 5. The highest BCUT2D eigenvalue weighted by Crippen LogP contribution is 2.43. The molecule has 5 aromatic carbocycles. The fourth-order valence-corrected chi connectivity index (χ4v) is 11.3. The van der Waals surface area contributed by atoms with Crippen LogP contribution in [0.2, 0.25) is 5.02 Å². The second-order valence-electron chi connectivity index (χ2n) is 19.1. The minimum Gasteiger partial charge on any atom is -0.755 e. The number of hydrogen-bond donors (Lipinski definition) is 9.